The maximum Gasteiger partial charge on any atom is 0.0682 e. The topological polar surface area (TPSA) is 12.9 Å². The van der Waals surface area contributed by atoms with Crippen LogP contribution in [0.15, 0.2) is 30.3 Å². The van der Waals surface area contributed by atoms with Crippen LogP contribution >= 0.6 is 16.4 Å². The Morgan fingerprint density at radius 1 is 0.409 bits per heavy atom. The van der Waals surface area contributed by atoms with Crippen molar-refractivity contribution in [2.75, 3.05) is 0 Å². The van der Waals surface area contributed by atoms with Crippen LogP contribution in [0.4, 0.5) is 0 Å². The Labute approximate surface area is 410 Å². The normalized spacial score (nSPS) is 21.7. The highest BCUT2D eigenvalue weighted by Gasteiger charge is 2.60. The van der Waals surface area contributed by atoms with Gasteiger partial charge >= 0.3 is 0 Å². The van der Waals surface area contributed by atoms with E-state index in [2.05, 4.69) is 153 Å². The zero-order chi connectivity index (χ0) is 48.1. The molecule has 0 radical (unpaired) electrons. The lowest BCUT2D eigenvalue weighted by molar-refractivity contribution is 0.111. The third-order valence-corrected chi connectivity index (χ3v) is 24.5. The summed E-state index contributed by atoms with van der Waals surface area (Å²) in [4.78, 5) is 5.60. The van der Waals surface area contributed by atoms with Crippen LogP contribution in [-0.2, 0) is 45.3 Å². The molecular formula is C63H95NP2. The van der Waals surface area contributed by atoms with E-state index < -0.39 is 0 Å². The average Bonchev–Trinajstić information content (AvgIpc) is 4.04. The Kier molecular flexibility index (Phi) is 15.1. The van der Waals surface area contributed by atoms with Crippen LogP contribution in [0.3, 0.4) is 0 Å². The lowest BCUT2D eigenvalue weighted by Crippen LogP contribution is -2.43. The summed E-state index contributed by atoms with van der Waals surface area (Å²) in [5, 5.41) is 3.37. The maximum absolute atomic E-state index is 5.60. The molecule has 2 aromatic carbocycles. The van der Waals surface area contributed by atoms with Gasteiger partial charge in [0.25, 0.3) is 0 Å². The van der Waals surface area contributed by atoms with Gasteiger partial charge in [0.1, 0.15) is 0 Å². The van der Waals surface area contributed by atoms with E-state index in [0.29, 0.717) is 10.8 Å². The van der Waals surface area contributed by atoms with E-state index in [1.165, 1.54) is 145 Å². The van der Waals surface area contributed by atoms with Crippen molar-refractivity contribution in [2.45, 2.75) is 272 Å². The van der Waals surface area contributed by atoms with Crippen LogP contribution < -0.4 is 10.6 Å². The molecule has 0 saturated heterocycles. The smallest absolute Gasteiger partial charge is 0.0682 e. The molecule has 0 bridgehead atoms. The summed E-state index contributed by atoms with van der Waals surface area (Å²) in [7, 11) is 2.68. The van der Waals surface area contributed by atoms with Gasteiger partial charge in [-0.3, -0.25) is 0 Å². The van der Waals surface area contributed by atoms with E-state index in [-0.39, 0.29) is 32.5 Å². The highest BCUT2D eigenvalue weighted by molar-refractivity contribution is 7.48. The van der Waals surface area contributed by atoms with Gasteiger partial charge in [0, 0.05) is 21.4 Å². The van der Waals surface area contributed by atoms with Gasteiger partial charge in [-0.15, -0.1) is 0 Å². The zero-order valence-electron chi connectivity index (χ0n) is 45.5. The van der Waals surface area contributed by atoms with Gasteiger partial charge in [0.05, 0.1) is 11.4 Å². The number of benzene rings is 2. The molecule has 0 amide bonds. The first kappa shape index (κ1) is 51.8. The van der Waals surface area contributed by atoms with E-state index >= 15 is 0 Å². The molecule has 0 saturated carbocycles. The van der Waals surface area contributed by atoms with Crippen molar-refractivity contribution in [3.05, 3.63) is 86.2 Å². The third-order valence-electron chi connectivity index (χ3n) is 22.3. The molecule has 1 nitrogen and oxygen atoms in total. The monoisotopic (exact) mass is 928 g/mol. The minimum absolute atomic E-state index is 0.199. The van der Waals surface area contributed by atoms with E-state index in [1.54, 1.807) is 55.1 Å². The molecule has 0 aliphatic heterocycles. The van der Waals surface area contributed by atoms with E-state index in [1.807, 2.05) is 0 Å². The highest BCUT2D eigenvalue weighted by Crippen LogP contribution is 2.65. The second-order valence-corrected chi connectivity index (χ2v) is 24.5. The van der Waals surface area contributed by atoms with Crippen molar-refractivity contribution in [1.82, 2.24) is 4.98 Å². The van der Waals surface area contributed by atoms with Crippen molar-refractivity contribution in [2.24, 2.45) is 10.8 Å². The van der Waals surface area contributed by atoms with Gasteiger partial charge in [-0.25, -0.2) is 4.98 Å². The second-order valence-electron chi connectivity index (χ2n) is 22.6. The standard InChI is InChI=1S/C63H95NP2/c1-17-56(18-2)42-58(21-5,22-6)52-48(56)36-44-38-60(25-9,26-10)62(29-13,30-14)50(44)54(52)65-40-46-34-33-35-47(64-46)41-66-55-51-45(39-61(27-11,28-12)63(51,31-15)32-16)37-49-53(55)59(23-7,24-8)43-57(49,19-3)20-4/h33-37,40-41H,17-32,38-39,42-43H2,1-16H3. The second kappa shape index (κ2) is 19.3. The Bertz CT molecular complexity index is 2110. The average molecular weight is 928 g/mol. The van der Waals surface area contributed by atoms with Gasteiger partial charge in [-0.1, -0.05) is 145 Å². The predicted molar refractivity (Wildman–Crippen MR) is 297 cm³/mol. The van der Waals surface area contributed by atoms with E-state index in [4.69, 9.17) is 4.98 Å². The minimum Gasteiger partial charge on any atom is -0.248 e. The van der Waals surface area contributed by atoms with Crippen LogP contribution in [0.25, 0.3) is 0 Å². The van der Waals surface area contributed by atoms with E-state index in [0.717, 1.165) is 11.4 Å². The summed E-state index contributed by atoms with van der Waals surface area (Å²) in [5.74, 6) is 5.08. The summed E-state index contributed by atoms with van der Waals surface area (Å²) in [6.07, 6.45) is 24.8. The number of fused-ring (bicyclic) bond motifs is 4. The molecule has 3 heteroatoms. The lowest BCUT2D eigenvalue weighted by atomic mass is 9.58. The Balaban J connectivity index is 1.45. The Morgan fingerprint density at radius 2 is 0.727 bits per heavy atom. The molecule has 4 aliphatic carbocycles. The van der Waals surface area contributed by atoms with Crippen molar-refractivity contribution < 1.29 is 0 Å². The summed E-state index contributed by atoms with van der Waals surface area (Å²) in [5.41, 5.74) is 18.1. The maximum atomic E-state index is 5.60. The number of aromatic nitrogens is 1. The number of rotatable bonds is 20. The fourth-order valence-corrected chi connectivity index (χ4v) is 20.4. The number of nitrogens with zero attached hydrogens (tertiary/aromatic N) is 1. The molecular weight excluding hydrogens is 833 g/mol. The largest absolute Gasteiger partial charge is 0.248 e. The summed E-state index contributed by atoms with van der Waals surface area (Å²) in [6, 6.07) is 12.5. The molecule has 3 aromatic rings. The van der Waals surface area contributed by atoms with Gasteiger partial charge in [-0.05, 0) is 229 Å². The number of hydrogen-bond acceptors (Lipinski definition) is 1. The van der Waals surface area contributed by atoms with Crippen LogP contribution in [0.5, 0.6) is 0 Å². The van der Waals surface area contributed by atoms with Gasteiger partial charge in [0.15, 0.2) is 0 Å². The van der Waals surface area contributed by atoms with Gasteiger partial charge < -0.3 is 0 Å². The summed E-state index contributed by atoms with van der Waals surface area (Å²) in [6.45, 7) is 40.1. The Morgan fingerprint density at radius 3 is 1.00 bits per heavy atom. The molecule has 0 fully saturated rings. The first-order valence-corrected chi connectivity index (χ1v) is 30.1. The van der Waals surface area contributed by atoms with Crippen molar-refractivity contribution >= 4 is 38.6 Å². The van der Waals surface area contributed by atoms with Crippen LogP contribution in [-0.4, -0.2) is 16.6 Å². The van der Waals surface area contributed by atoms with Crippen LogP contribution in [0.2, 0.25) is 0 Å². The Hall–Kier alpha value is -2.07. The summed E-state index contributed by atoms with van der Waals surface area (Å²) >= 11 is 0. The highest BCUT2D eigenvalue weighted by atomic mass is 31.1. The fourth-order valence-electron chi connectivity index (χ4n) is 17.6. The quantitative estimate of drug-likeness (QED) is 0.103. The zero-order valence-corrected chi connectivity index (χ0v) is 47.3. The summed E-state index contributed by atoms with van der Waals surface area (Å²) < 4.78 is 0. The lowest BCUT2D eigenvalue weighted by Gasteiger charge is -2.46. The van der Waals surface area contributed by atoms with Crippen molar-refractivity contribution in [1.29, 1.82) is 0 Å². The molecule has 4 aliphatic rings. The third kappa shape index (κ3) is 6.95. The first-order valence-electron chi connectivity index (χ1n) is 28.2. The number of pyridine rings is 1. The first-order chi connectivity index (χ1) is 31.7. The van der Waals surface area contributed by atoms with Crippen LogP contribution in [0.1, 0.15) is 282 Å². The van der Waals surface area contributed by atoms with E-state index in [9.17, 15) is 0 Å². The molecule has 0 atom stereocenters. The van der Waals surface area contributed by atoms with Gasteiger partial charge in [0.2, 0.25) is 0 Å². The molecule has 0 N–H and O–H groups in total. The molecule has 1 heterocycles. The molecule has 1 aromatic heterocycles. The molecule has 362 valence electrons. The minimum atomic E-state index is 0.199. The van der Waals surface area contributed by atoms with Gasteiger partial charge in [-0.2, -0.15) is 0 Å². The molecule has 7 rings (SSSR count). The van der Waals surface area contributed by atoms with Crippen molar-refractivity contribution in [3.63, 3.8) is 0 Å². The van der Waals surface area contributed by atoms with Crippen molar-refractivity contribution in [3.8, 4) is 0 Å². The predicted octanol–water partition coefficient (Wildman–Crippen LogP) is 17.8. The van der Waals surface area contributed by atoms with Crippen LogP contribution in [0, 0.1) is 10.8 Å². The molecule has 0 spiro atoms. The fraction of sp³-hybridized carbons (Fsp3) is 0.698. The molecule has 66 heavy (non-hydrogen) atoms. The molecule has 0 unspecified atom stereocenters. The number of hydrogen-bond donors (Lipinski definition) is 0. The SMILES string of the molecule is CCC1(CC)CC(CC)(CC)c2c1cc1c(c2P=Cc2cccc(C=Pc3c4c(cc5c3C(CC)(CC)C(CC)(CC)C5)C(CC)(CC)CC4(CC)CC)n2)C(CC)(CC)C(CC)(CC)C1.